The van der Waals surface area contributed by atoms with Crippen LogP contribution in [0.4, 0.5) is 20.2 Å². The minimum absolute atomic E-state index is 0.00155. The van der Waals surface area contributed by atoms with Crippen LogP contribution in [0.3, 0.4) is 0 Å². The lowest BCUT2D eigenvalue weighted by atomic mass is 10.1. The lowest BCUT2D eigenvalue weighted by Gasteiger charge is -2.04. The smallest absolute Gasteiger partial charge is 0.153 e. The van der Waals surface area contributed by atoms with Gasteiger partial charge in [0.15, 0.2) is 11.6 Å². The first-order valence-corrected chi connectivity index (χ1v) is 4.03. The Labute approximate surface area is 79.1 Å². The average Bonchev–Trinajstić information content (AvgIpc) is 2.17. The molecule has 0 saturated carbocycles. The number of hydrogen-bond acceptors (Lipinski definition) is 2. The Bertz CT molecular complexity index is 462. The fourth-order valence-electron chi connectivity index (χ4n) is 1.37. The first-order chi connectivity index (χ1) is 6.61. The molecular formula is C10H8F2N2. The van der Waals surface area contributed by atoms with Crippen LogP contribution in [-0.2, 0) is 0 Å². The second-order valence-corrected chi connectivity index (χ2v) is 3.03. The zero-order valence-corrected chi connectivity index (χ0v) is 7.22. The normalized spacial score (nSPS) is 10.7. The maximum atomic E-state index is 13.4. The molecule has 4 heteroatoms. The number of benzene rings is 2. The van der Waals surface area contributed by atoms with Crippen LogP contribution in [0.25, 0.3) is 10.8 Å². The maximum absolute atomic E-state index is 13.4. The highest BCUT2D eigenvalue weighted by molar-refractivity contribution is 5.89. The van der Waals surface area contributed by atoms with Crippen molar-refractivity contribution < 1.29 is 8.78 Å². The van der Waals surface area contributed by atoms with E-state index in [4.69, 9.17) is 11.5 Å². The molecule has 0 aliphatic heterocycles. The molecule has 0 saturated heterocycles. The zero-order chi connectivity index (χ0) is 10.3. The Morgan fingerprint density at radius 3 is 1.43 bits per heavy atom. The number of anilines is 2. The molecule has 0 aromatic heterocycles. The second kappa shape index (κ2) is 2.83. The number of rotatable bonds is 0. The van der Waals surface area contributed by atoms with Gasteiger partial charge in [0.1, 0.15) is 0 Å². The Hall–Kier alpha value is -1.84. The quantitative estimate of drug-likeness (QED) is 0.632. The van der Waals surface area contributed by atoms with E-state index in [-0.39, 0.29) is 22.1 Å². The molecule has 0 radical (unpaired) electrons. The largest absolute Gasteiger partial charge is 0.396 e. The van der Waals surface area contributed by atoms with Crippen LogP contribution in [0.5, 0.6) is 0 Å². The van der Waals surface area contributed by atoms with Gasteiger partial charge in [-0.15, -0.1) is 0 Å². The predicted molar refractivity (Wildman–Crippen MR) is 52.7 cm³/mol. The summed E-state index contributed by atoms with van der Waals surface area (Å²) in [6.07, 6.45) is 0. The molecule has 0 heterocycles. The van der Waals surface area contributed by atoms with Crippen molar-refractivity contribution in [2.75, 3.05) is 11.5 Å². The molecule has 72 valence electrons. The molecule has 2 rings (SSSR count). The molecule has 2 nitrogen and oxygen atoms in total. The third kappa shape index (κ3) is 1.08. The van der Waals surface area contributed by atoms with Crippen LogP contribution in [0.15, 0.2) is 24.3 Å². The molecule has 0 aliphatic rings. The summed E-state index contributed by atoms with van der Waals surface area (Å²) < 4.78 is 26.8. The predicted octanol–water partition coefficient (Wildman–Crippen LogP) is 2.28. The van der Waals surface area contributed by atoms with E-state index in [0.29, 0.717) is 0 Å². The summed E-state index contributed by atoms with van der Waals surface area (Å²) in [4.78, 5) is 0. The molecule has 0 fully saturated rings. The number of nitrogen functional groups attached to an aromatic ring is 2. The summed E-state index contributed by atoms with van der Waals surface area (Å²) in [5, 5.41) is 0.299. The molecule has 0 bridgehead atoms. The van der Waals surface area contributed by atoms with E-state index in [0.717, 1.165) is 0 Å². The van der Waals surface area contributed by atoms with E-state index < -0.39 is 11.6 Å². The third-order valence-corrected chi connectivity index (χ3v) is 2.13. The molecule has 0 aliphatic carbocycles. The molecule has 14 heavy (non-hydrogen) atoms. The van der Waals surface area contributed by atoms with Gasteiger partial charge in [0.05, 0.1) is 11.4 Å². The van der Waals surface area contributed by atoms with Crippen LogP contribution in [0, 0.1) is 11.6 Å². The Balaban J connectivity index is 2.94. The first-order valence-electron chi connectivity index (χ1n) is 4.03. The van der Waals surface area contributed by atoms with Crippen LogP contribution >= 0.6 is 0 Å². The summed E-state index contributed by atoms with van der Waals surface area (Å²) >= 11 is 0. The van der Waals surface area contributed by atoms with Crippen molar-refractivity contribution >= 4 is 22.1 Å². The summed E-state index contributed by atoms with van der Waals surface area (Å²) in [6, 6.07) is 5.47. The topological polar surface area (TPSA) is 52.0 Å². The highest BCUT2D eigenvalue weighted by Crippen LogP contribution is 2.27. The summed E-state index contributed by atoms with van der Waals surface area (Å²) in [6.45, 7) is 0. The van der Waals surface area contributed by atoms with Gasteiger partial charge in [0, 0.05) is 10.8 Å². The van der Waals surface area contributed by atoms with E-state index in [2.05, 4.69) is 0 Å². The van der Waals surface area contributed by atoms with Crippen molar-refractivity contribution in [3.8, 4) is 0 Å². The monoisotopic (exact) mass is 194 g/mol. The Kier molecular flexibility index (Phi) is 1.77. The third-order valence-electron chi connectivity index (χ3n) is 2.13. The van der Waals surface area contributed by atoms with Gasteiger partial charge in [-0.3, -0.25) is 0 Å². The van der Waals surface area contributed by atoms with E-state index >= 15 is 0 Å². The van der Waals surface area contributed by atoms with Gasteiger partial charge < -0.3 is 11.5 Å². The highest BCUT2D eigenvalue weighted by Gasteiger charge is 2.09. The van der Waals surface area contributed by atoms with Crippen molar-refractivity contribution in [1.29, 1.82) is 0 Å². The van der Waals surface area contributed by atoms with Gasteiger partial charge in [-0.05, 0) is 24.3 Å². The van der Waals surface area contributed by atoms with Crippen LogP contribution in [-0.4, -0.2) is 0 Å². The molecule has 0 atom stereocenters. The standard InChI is InChI=1S/C10H8F2N2/c11-9-5-1-3-7(13)10(12)6(5)2-4-8(9)14/h1-4H,13-14H2. The zero-order valence-electron chi connectivity index (χ0n) is 7.22. The van der Waals surface area contributed by atoms with Crippen LogP contribution < -0.4 is 11.5 Å². The van der Waals surface area contributed by atoms with E-state index in [1.807, 2.05) is 0 Å². The molecular weight excluding hydrogens is 186 g/mol. The van der Waals surface area contributed by atoms with Crippen molar-refractivity contribution in [3.05, 3.63) is 35.9 Å². The molecule has 0 amide bonds. The minimum atomic E-state index is -0.610. The van der Waals surface area contributed by atoms with Crippen molar-refractivity contribution in [2.45, 2.75) is 0 Å². The SMILES string of the molecule is Nc1ccc2c(F)c(N)ccc2c1F. The first kappa shape index (κ1) is 8.74. The van der Waals surface area contributed by atoms with Crippen molar-refractivity contribution in [3.63, 3.8) is 0 Å². The molecule has 0 spiro atoms. The van der Waals surface area contributed by atoms with Gasteiger partial charge in [0.2, 0.25) is 0 Å². The molecule has 4 N–H and O–H groups in total. The van der Waals surface area contributed by atoms with E-state index in [1.54, 1.807) is 0 Å². The summed E-state index contributed by atoms with van der Waals surface area (Å²) in [5.74, 6) is -1.22. The number of halogens is 2. The lowest BCUT2D eigenvalue weighted by molar-refractivity contribution is 0.634. The van der Waals surface area contributed by atoms with Gasteiger partial charge in [-0.2, -0.15) is 0 Å². The fourth-order valence-corrected chi connectivity index (χ4v) is 1.37. The van der Waals surface area contributed by atoms with Gasteiger partial charge in [-0.1, -0.05) is 0 Å². The van der Waals surface area contributed by atoms with Crippen molar-refractivity contribution in [2.24, 2.45) is 0 Å². The Morgan fingerprint density at radius 2 is 1.07 bits per heavy atom. The van der Waals surface area contributed by atoms with E-state index in [1.165, 1.54) is 24.3 Å². The van der Waals surface area contributed by atoms with Crippen molar-refractivity contribution in [1.82, 2.24) is 0 Å². The lowest BCUT2D eigenvalue weighted by Crippen LogP contribution is -1.95. The van der Waals surface area contributed by atoms with Crippen LogP contribution in [0.2, 0.25) is 0 Å². The number of fused-ring (bicyclic) bond motifs is 1. The van der Waals surface area contributed by atoms with Gasteiger partial charge in [-0.25, -0.2) is 8.78 Å². The maximum Gasteiger partial charge on any atom is 0.153 e. The van der Waals surface area contributed by atoms with E-state index in [9.17, 15) is 8.78 Å². The highest BCUT2D eigenvalue weighted by atomic mass is 19.1. The Morgan fingerprint density at radius 1 is 0.714 bits per heavy atom. The van der Waals surface area contributed by atoms with Gasteiger partial charge in [0.25, 0.3) is 0 Å². The number of hydrogen-bond donors (Lipinski definition) is 2. The number of nitrogens with two attached hydrogens (primary N) is 2. The van der Waals surface area contributed by atoms with Gasteiger partial charge >= 0.3 is 0 Å². The molecule has 2 aromatic carbocycles. The average molecular weight is 194 g/mol. The fraction of sp³-hybridized carbons (Fsp3) is 0. The second-order valence-electron chi connectivity index (χ2n) is 3.03. The minimum Gasteiger partial charge on any atom is -0.396 e. The van der Waals surface area contributed by atoms with Crippen LogP contribution in [0.1, 0.15) is 0 Å². The summed E-state index contributed by atoms with van der Waals surface area (Å²) in [5.41, 5.74) is 10.7. The molecule has 0 unspecified atom stereocenters. The molecule has 2 aromatic rings. The summed E-state index contributed by atoms with van der Waals surface area (Å²) in [7, 11) is 0.